The van der Waals surface area contributed by atoms with Gasteiger partial charge < -0.3 is 9.47 Å². The summed E-state index contributed by atoms with van der Waals surface area (Å²) in [7, 11) is 1.60. The van der Waals surface area contributed by atoms with Gasteiger partial charge >= 0.3 is 0 Å². The molecular formula is C24H23N3O3. The van der Waals surface area contributed by atoms with Gasteiger partial charge in [0.2, 0.25) is 11.8 Å². The third kappa shape index (κ3) is 3.38. The van der Waals surface area contributed by atoms with Gasteiger partial charge in [0.1, 0.15) is 11.6 Å². The Balaban J connectivity index is 1.63. The van der Waals surface area contributed by atoms with Gasteiger partial charge in [0.25, 0.3) is 0 Å². The highest BCUT2D eigenvalue weighted by atomic mass is 16.5. The summed E-state index contributed by atoms with van der Waals surface area (Å²) in [5.41, 5.74) is 4.50. The van der Waals surface area contributed by atoms with E-state index in [1.54, 1.807) is 18.2 Å². The summed E-state index contributed by atoms with van der Waals surface area (Å²) in [6.45, 7) is 2.69. The number of aromatic nitrogens is 2. The second-order valence-electron chi connectivity index (χ2n) is 7.79. The monoisotopic (exact) mass is 401 g/mol. The van der Waals surface area contributed by atoms with Gasteiger partial charge in [-0.25, -0.2) is 9.97 Å². The van der Waals surface area contributed by atoms with E-state index < -0.39 is 0 Å². The zero-order chi connectivity index (χ0) is 20.7. The number of nitrogens with zero attached hydrogens (tertiary/aromatic N) is 3. The molecule has 1 fully saturated rings. The summed E-state index contributed by atoms with van der Waals surface area (Å²) in [6.07, 6.45) is 4.40. The van der Waals surface area contributed by atoms with E-state index in [4.69, 9.17) is 14.5 Å². The lowest BCUT2D eigenvalue weighted by atomic mass is 10.1. The summed E-state index contributed by atoms with van der Waals surface area (Å²) in [4.78, 5) is 24.2. The fourth-order valence-corrected chi connectivity index (χ4v) is 3.85. The average Bonchev–Trinajstić information content (AvgIpc) is 3.51. The molecule has 0 bridgehead atoms. The van der Waals surface area contributed by atoms with Crippen LogP contribution in [0.1, 0.15) is 24.0 Å². The molecule has 0 spiro atoms. The van der Waals surface area contributed by atoms with Gasteiger partial charge in [-0.1, -0.05) is 0 Å². The Hall–Kier alpha value is -3.41. The number of amides is 1. The molecule has 1 saturated carbocycles. The van der Waals surface area contributed by atoms with Crippen LogP contribution in [0.2, 0.25) is 0 Å². The number of aryl methyl sites for hydroxylation is 1. The minimum absolute atomic E-state index is 0.0631. The van der Waals surface area contributed by atoms with Crippen LogP contribution in [-0.2, 0) is 11.2 Å². The van der Waals surface area contributed by atoms with Crippen LogP contribution in [0.25, 0.3) is 11.3 Å². The van der Waals surface area contributed by atoms with E-state index in [2.05, 4.69) is 11.1 Å². The molecule has 1 amide bonds. The molecule has 2 aliphatic rings. The van der Waals surface area contributed by atoms with Crippen molar-refractivity contribution in [1.82, 2.24) is 9.97 Å². The quantitative estimate of drug-likeness (QED) is 0.631. The van der Waals surface area contributed by atoms with Crippen molar-refractivity contribution >= 4 is 17.4 Å². The highest BCUT2D eigenvalue weighted by Crippen LogP contribution is 2.39. The minimum atomic E-state index is 0.0631. The number of anilines is 2. The normalized spacial score (nSPS) is 14.7. The molecule has 0 N–H and O–H groups in total. The van der Waals surface area contributed by atoms with Gasteiger partial charge in [0.15, 0.2) is 0 Å². The van der Waals surface area contributed by atoms with Crippen molar-refractivity contribution in [3.8, 4) is 22.9 Å². The lowest BCUT2D eigenvalue weighted by Crippen LogP contribution is -2.28. The fraction of sp³-hybridized carbons (Fsp3) is 0.292. The molecule has 0 radical (unpaired) electrons. The standard InChI is InChI=1S/C24H23N3O3/c1-15-12-20(19-4-3-10-25-23(19)29-2)26-22(13-15)27(24(28)16-5-6-16)18-7-8-21-17(14-18)9-11-30-21/h3-4,7-8,10,12-14,16H,5-6,9,11H2,1-2H3. The van der Waals surface area contributed by atoms with Crippen molar-refractivity contribution < 1.29 is 14.3 Å². The van der Waals surface area contributed by atoms with Crippen LogP contribution in [0.5, 0.6) is 11.6 Å². The van der Waals surface area contributed by atoms with E-state index in [0.717, 1.165) is 53.1 Å². The first-order chi connectivity index (χ1) is 14.6. The number of hydrogen-bond acceptors (Lipinski definition) is 5. The highest BCUT2D eigenvalue weighted by Gasteiger charge is 2.36. The zero-order valence-electron chi connectivity index (χ0n) is 17.1. The molecule has 1 aliphatic heterocycles. The SMILES string of the molecule is COc1ncccc1-c1cc(C)cc(N(C(=O)C2CC2)c2ccc3c(c2)CCO3)n1. The molecule has 152 valence electrons. The molecule has 5 rings (SSSR count). The highest BCUT2D eigenvalue weighted by molar-refractivity contribution is 6.02. The molecule has 3 aromatic rings. The molecule has 2 aromatic heterocycles. The number of fused-ring (bicyclic) bond motifs is 1. The largest absolute Gasteiger partial charge is 0.493 e. The zero-order valence-corrected chi connectivity index (χ0v) is 17.1. The number of ether oxygens (including phenoxy) is 2. The summed E-state index contributed by atoms with van der Waals surface area (Å²) in [6, 6.07) is 13.7. The van der Waals surface area contributed by atoms with Crippen molar-refractivity contribution in [2.24, 2.45) is 5.92 Å². The van der Waals surface area contributed by atoms with Gasteiger partial charge in [0, 0.05) is 18.5 Å². The first-order valence-corrected chi connectivity index (χ1v) is 10.2. The van der Waals surface area contributed by atoms with E-state index in [-0.39, 0.29) is 11.8 Å². The Morgan fingerprint density at radius 2 is 2.07 bits per heavy atom. The summed E-state index contributed by atoms with van der Waals surface area (Å²) >= 11 is 0. The summed E-state index contributed by atoms with van der Waals surface area (Å²) < 4.78 is 11.1. The van der Waals surface area contributed by atoms with Crippen LogP contribution >= 0.6 is 0 Å². The fourth-order valence-electron chi connectivity index (χ4n) is 3.85. The molecule has 6 nitrogen and oxygen atoms in total. The Labute approximate surface area is 175 Å². The number of rotatable bonds is 5. The van der Waals surface area contributed by atoms with E-state index in [1.807, 2.05) is 43.3 Å². The van der Waals surface area contributed by atoms with Gasteiger partial charge in [-0.15, -0.1) is 0 Å². The Morgan fingerprint density at radius 3 is 2.87 bits per heavy atom. The molecule has 6 heteroatoms. The van der Waals surface area contributed by atoms with E-state index in [9.17, 15) is 4.79 Å². The number of hydrogen-bond donors (Lipinski definition) is 0. The van der Waals surface area contributed by atoms with E-state index in [1.165, 1.54) is 0 Å². The molecule has 0 unspecified atom stereocenters. The lowest BCUT2D eigenvalue weighted by molar-refractivity contribution is -0.119. The molecule has 0 atom stereocenters. The molecular weight excluding hydrogens is 378 g/mol. The Morgan fingerprint density at radius 1 is 1.20 bits per heavy atom. The van der Waals surface area contributed by atoms with E-state index >= 15 is 0 Å². The predicted molar refractivity (Wildman–Crippen MR) is 114 cm³/mol. The third-order valence-corrected chi connectivity index (χ3v) is 5.50. The summed E-state index contributed by atoms with van der Waals surface area (Å²) in [5, 5.41) is 0. The number of carbonyl (C=O) groups is 1. The Bertz CT molecular complexity index is 1120. The molecule has 0 saturated heterocycles. The first-order valence-electron chi connectivity index (χ1n) is 10.2. The van der Waals surface area contributed by atoms with Gasteiger partial charge in [0.05, 0.1) is 30.7 Å². The van der Waals surface area contributed by atoms with Crippen LogP contribution in [0.15, 0.2) is 48.7 Å². The summed E-state index contributed by atoms with van der Waals surface area (Å²) in [5.74, 6) is 2.18. The number of pyridine rings is 2. The number of methoxy groups -OCH3 is 1. The Kier molecular flexibility index (Phi) is 4.62. The van der Waals surface area contributed by atoms with Crippen molar-refractivity contribution in [2.75, 3.05) is 18.6 Å². The molecule has 1 aromatic carbocycles. The van der Waals surface area contributed by atoms with Crippen molar-refractivity contribution in [1.29, 1.82) is 0 Å². The third-order valence-electron chi connectivity index (χ3n) is 5.50. The average molecular weight is 401 g/mol. The second kappa shape index (κ2) is 7.44. The molecule has 30 heavy (non-hydrogen) atoms. The van der Waals surface area contributed by atoms with Crippen molar-refractivity contribution in [3.63, 3.8) is 0 Å². The minimum Gasteiger partial charge on any atom is -0.493 e. The smallest absolute Gasteiger partial charge is 0.235 e. The van der Waals surface area contributed by atoms with Crippen molar-refractivity contribution in [2.45, 2.75) is 26.2 Å². The van der Waals surface area contributed by atoms with Gasteiger partial charge in [-0.05, 0) is 73.4 Å². The van der Waals surface area contributed by atoms with Crippen LogP contribution < -0.4 is 14.4 Å². The second-order valence-corrected chi connectivity index (χ2v) is 7.79. The van der Waals surface area contributed by atoms with Crippen LogP contribution in [-0.4, -0.2) is 29.6 Å². The van der Waals surface area contributed by atoms with Crippen LogP contribution in [0, 0.1) is 12.8 Å². The number of benzene rings is 1. The first kappa shape index (κ1) is 18.6. The van der Waals surface area contributed by atoms with Gasteiger partial charge in [-0.3, -0.25) is 9.69 Å². The topological polar surface area (TPSA) is 64.5 Å². The lowest BCUT2D eigenvalue weighted by Gasteiger charge is -2.24. The maximum absolute atomic E-state index is 13.3. The molecule has 3 heterocycles. The predicted octanol–water partition coefficient (Wildman–Crippen LogP) is 4.47. The maximum Gasteiger partial charge on any atom is 0.235 e. The maximum atomic E-state index is 13.3. The van der Waals surface area contributed by atoms with Crippen molar-refractivity contribution in [3.05, 3.63) is 59.8 Å². The van der Waals surface area contributed by atoms with Crippen LogP contribution in [0.3, 0.4) is 0 Å². The van der Waals surface area contributed by atoms with E-state index in [0.29, 0.717) is 18.3 Å². The number of carbonyl (C=O) groups excluding carboxylic acids is 1. The van der Waals surface area contributed by atoms with Crippen LogP contribution in [0.4, 0.5) is 11.5 Å². The van der Waals surface area contributed by atoms with Gasteiger partial charge in [-0.2, -0.15) is 0 Å². The molecule has 1 aliphatic carbocycles.